The minimum atomic E-state index is -0.0103. The van der Waals surface area contributed by atoms with E-state index in [0.29, 0.717) is 17.2 Å². The van der Waals surface area contributed by atoms with Crippen LogP contribution in [0.25, 0.3) is 0 Å². The van der Waals surface area contributed by atoms with Gasteiger partial charge < -0.3 is 15.4 Å². The number of hydrogen-bond donors (Lipinski definition) is 2. The Balaban J connectivity index is 2.80. The van der Waals surface area contributed by atoms with E-state index in [2.05, 4.69) is 11.8 Å². The molecule has 0 aromatic heterocycles. The first-order chi connectivity index (χ1) is 8.60. The topological polar surface area (TPSA) is 62.3 Å². The Morgan fingerprint density at radius 3 is 2.67 bits per heavy atom. The second kappa shape index (κ2) is 7.24. The third-order valence-corrected chi connectivity index (χ3v) is 3.01. The SMILES string of the molecule is CCOCCN(CC)c1ccc(C(=N)N)c(Cl)c1. The molecule has 18 heavy (non-hydrogen) atoms. The highest BCUT2D eigenvalue weighted by Crippen LogP contribution is 2.23. The zero-order valence-electron chi connectivity index (χ0n) is 10.9. The highest BCUT2D eigenvalue weighted by molar-refractivity contribution is 6.34. The summed E-state index contributed by atoms with van der Waals surface area (Å²) in [5, 5.41) is 7.90. The molecule has 0 saturated carbocycles. The lowest BCUT2D eigenvalue weighted by Gasteiger charge is -2.23. The number of halogens is 1. The average molecular weight is 270 g/mol. The number of nitrogens with one attached hydrogen (secondary N) is 1. The fourth-order valence-corrected chi connectivity index (χ4v) is 1.98. The second-order valence-electron chi connectivity index (χ2n) is 3.85. The van der Waals surface area contributed by atoms with Crippen LogP contribution >= 0.6 is 11.6 Å². The van der Waals surface area contributed by atoms with E-state index < -0.39 is 0 Å². The monoisotopic (exact) mass is 269 g/mol. The van der Waals surface area contributed by atoms with Gasteiger partial charge >= 0.3 is 0 Å². The molecule has 0 bridgehead atoms. The number of benzene rings is 1. The fourth-order valence-electron chi connectivity index (χ4n) is 1.71. The lowest BCUT2D eigenvalue weighted by atomic mass is 10.1. The number of rotatable bonds is 7. The lowest BCUT2D eigenvalue weighted by molar-refractivity contribution is 0.154. The molecular weight excluding hydrogens is 250 g/mol. The Labute approximate surface area is 113 Å². The van der Waals surface area contributed by atoms with Crippen LogP contribution in [-0.4, -0.2) is 32.1 Å². The van der Waals surface area contributed by atoms with Gasteiger partial charge in [0.25, 0.3) is 0 Å². The Morgan fingerprint density at radius 2 is 2.17 bits per heavy atom. The van der Waals surface area contributed by atoms with Gasteiger partial charge in [-0.15, -0.1) is 0 Å². The summed E-state index contributed by atoms with van der Waals surface area (Å²) in [6.07, 6.45) is 0. The van der Waals surface area contributed by atoms with E-state index in [9.17, 15) is 0 Å². The molecule has 5 heteroatoms. The van der Waals surface area contributed by atoms with Gasteiger partial charge in [-0.3, -0.25) is 5.41 Å². The smallest absolute Gasteiger partial charge is 0.124 e. The van der Waals surface area contributed by atoms with Gasteiger partial charge in [0, 0.05) is 30.9 Å². The Bertz CT molecular complexity index is 409. The van der Waals surface area contributed by atoms with Crippen molar-refractivity contribution >= 4 is 23.1 Å². The highest BCUT2D eigenvalue weighted by atomic mass is 35.5. The van der Waals surface area contributed by atoms with Crippen LogP contribution in [0.15, 0.2) is 18.2 Å². The van der Waals surface area contributed by atoms with Crippen LogP contribution in [-0.2, 0) is 4.74 Å². The van der Waals surface area contributed by atoms with E-state index >= 15 is 0 Å². The van der Waals surface area contributed by atoms with Gasteiger partial charge in [-0.25, -0.2) is 0 Å². The van der Waals surface area contributed by atoms with Crippen molar-refractivity contribution in [2.75, 3.05) is 31.2 Å². The van der Waals surface area contributed by atoms with Gasteiger partial charge in [-0.2, -0.15) is 0 Å². The molecule has 0 fully saturated rings. The molecule has 0 saturated heterocycles. The van der Waals surface area contributed by atoms with Crippen molar-refractivity contribution in [1.82, 2.24) is 0 Å². The van der Waals surface area contributed by atoms with E-state index in [0.717, 1.165) is 25.4 Å². The number of nitrogens with zero attached hydrogens (tertiary/aromatic N) is 1. The van der Waals surface area contributed by atoms with E-state index in [1.165, 1.54) is 0 Å². The maximum absolute atomic E-state index is 7.39. The average Bonchev–Trinajstić information content (AvgIpc) is 2.34. The first-order valence-electron chi connectivity index (χ1n) is 6.06. The third-order valence-electron chi connectivity index (χ3n) is 2.70. The number of hydrogen-bond acceptors (Lipinski definition) is 3. The lowest BCUT2D eigenvalue weighted by Crippen LogP contribution is -2.27. The largest absolute Gasteiger partial charge is 0.384 e. The molecule has 1 aromatic rings. The third kappa shape index (κ3) is 3.89. The van der Waals surface area contributed by atoms with Crippen molar-refractivity contribution in [3.05, 3.63) is 28.8 Å². The molecule has 0 unspecified atom stereocenters. The van der Waals surface area contributed by atoms with Crippen molar-refractivity contribution in [3.8, 4) is 0 Å². The van der Waals surface area contributed by atoms with Gasteiger partial charge in [0.05, 0.1) is 11.6 Å². The molecule has 0 atom stereocenters. The molecule has 4 nitrogen and oxygen atoms in total. The summed E-state index contributed by atoms with van der Waals surface area (Å²) >= 11 is 6.11. The predicted molar refractivity (Wildman–Crippen MR) is 76.8 cm³/mol. The second-order valence-corrected chi connectivity index (χ2v) is 4.26. The van der Waals surface area contributed by atoms with Crippen molar-refractivity contribution in [2.24, 2.45) is 5.73 Å². The van der Waals surface area contributed by atoms with E-state index in [-0.39, 0.29) is 5.84 Å². The fraction of sp³-hybridized carbons (Fsp3) is 0.462. The number of nitrogens with two attached hydrogens (primary N) is 1. The van der Waals surface area contributed by atoms with Gasteiger partial charge in [0.2, 0.25) is 0 Å². The van der Waals surface area contributed by atoms with Crippen molar-refractivity contribution in [2.45, 2.75) is 13.8 Å². The molecule has 0 aliphatic rings. The van der Waals surface area contributed by atoms with Crippen molar-refractivity contribution in [3.63, 3.8) is 0 Å². The molecule has 1 rings (SSSR count). The van der Waals surface area contributed by atoms with Crippen LogP contribution < -0.4 is 10.6 Å². The van der Waals surface area contributed by atoms with Crippen LogP contribution in [0.4, 0.5) is 5.69 Å². The number of amidine groups is 1. The van der Waals surface area contributed by atoms with Crippen LogP contribution in [0, 0.1) is 5.41 Å². The predicted octanol–water partition coefficient (Wildman–Crippen LogP) is 2.49. The van der Waals surface area contributed by atoms with Crippen molar-refractivity contribution < 1.29 is 4.74 Å². The molecule has 0 aliphatic heterocycles. The minimum absolute atomic E-state index is 0.0103. The summed E-state index contributed by atoms with van der Waals surface area (Å²) in [6.45, 7) is 7.18. The number of anilines is 1. The molecule has 1 aromatic carbocycles. The van der Waals surface area contributed by atoms with Gasteiger partial charge in [-0.05, 0) is 32.0 Å². The highest BCUT2D eigenvalue weighted by Gasteiger charge is 2.08. The van der Waals surface area contributed by atoms with E-state index in [4.69, 9.17) is 27.5 Å². The van der Waals surface area contributed by atoms with Crippen LogP contribution in [0.3, 0.4) is 0 Å². The molecule has 0 aliphatic carbocycles. The zero-order chi connectivity index (χ0) is 13.5. The van der Waals surface area contributed by atoms with Gasteiger partial charge in [0.15, 0.2) is 0 Å². The standard InChI is InChI=1S/C13H20ClN3O/c1-3-17(7-8-18-4-2)10-5-6-11(13(15)16)12(14)9-10/h5-6,9H,3-4,7-8H2,1-2H3,(H3,15,16). The molecule has 0 radical (unpaired) electrons. The molecule has 0 heterocycles. The van der Waals surface area contributed by atoms with Gasteiger partial charge in [0.1, 0.15) is 5.84 Å². The number of nitrogen functional groups attached to an aromatic ring is 1. The molecular formula is C13H20ClN3O. The van der Waals surface area contributed by atoms with Gasteiger partial charge in [-0.1, -0.05) is 11.6 Å². The van der Waals surface area contributed by atoms with Crippen LogP contribution in [0.1, 0.15) is 19.4 Å². The summed E-state index contributed by atoms with van der Waals surface area (Å²) in [5.74, 6) is -0.0103. The Morgan fingerprint density at radius 1 is 1.44 bits per heavy atom. The van der Waals surface area contributed by atoms with Crippen LogP contribution in [0.5, 0.6) is 0 Å². The maximum Gasteiger partial charge on any atom is 0.124 e. The zero-order valence-corrected chi connectivity index (χ0v) is 11.6. The molecule has 100 valence electrons. The van der Waals surface area contributed by atoms with Crippen molar-refractivity contribution in [1.29, 1.82) is 5.41 Å². The number of likely N-dealkylation sites (N-methyl/N-ethyl adjacent to an activating group) is 1. The molecule has 0 spiro atoms. The quantitative estimate of drug-likeness (QED) is 0.454. The molecule has 3 N–H and O–H groups in total. The summed E-state index contributed by atoms with van der Waals surface area (Å²) in [7, 11) is 0. The molecule has 0 amide bonds. The first kappa shape index (κ1) is 14.8. The minimum Gasteiger partial charge on any atom is -0.384 e. The summed E-state index contributed by atoms with van der Waals surface area (Å²) < 4.78 is 5.35. The summed E-state index contributed by atoms with van der Waals surface area (Å²) in [4.78, 5) is 2.17. The Kier molecular flexibility index (Phi) is 5.95. The Hall–Kier alpha value is -1.26. The van der Waals surface area contributed by atoms with Crippen LogP contribution in [0.2, 0.25) is 5.02 Å². The maximum atomic E-state index is 7.39. The normalized spacial score (nSPS) is 10.4. The first-order valence-corrected chi connectivity index (χ1v) is 6.44. The number of ether oxygens (including phenoxy) is 1. The van der Waals surface area contributed by atoms with E-state index in [1.54, 1.807) is 6.07 Å². The summed E-state index contributed by atoms with van der Waals surface area (Å²) in [6, 6.07) is 5.55. The summed E-state index contributed by atoms with van der Waals surface area (Å²) in [5.41, 5.74) is 7.03. The van der Waals surface area contributed by atoms with E-state index in [1.807, 2.05) is 19.1 Å².